The zero-order valence-corrected chi connectivity index (χ0v) is 24.3. The summed E-state index contributed by atoms with van der Waals surface area (Å²) in [5, 5.41) is 8.24. The molecule has 1 N–H and O–H groups in total. The highest BCUT2D eigenvalue weighted by Gasteiger charge is 2.28. The Bertz CT molecular complexity index is 1340. The SMILES string of the molecule is CC(C)(C)OC(=O)NC(C)(C)c1ccc(-c2ccc3c(cnn3C(=O)OC(C)(C)C)c2N2CCOCC2)cc1. The van der Waals surface area contributed by atoms with E-state index < -0.39 is 28.9 Å². The average Bonchev–Trinajstić information content (AvgIpc) is 3.26. The van der Waals surface area contributed by atoms with Crippen molar-refractivity contribution in [3.8, 4) is 11.1 Å². The minimum Gasteiger partial charge on any atom is -0.444 e. The monoisotopic (exact) mass is 536 g/mol. The van der Waals surface area contributed by atoms with E-state index in [0.717, 1.165) is 40.9 Å². The highest BCUT2D eigenvalue weighted by atomic mass is 16.6. The average molecular weight is 537 g/mol. The van der Waals surface area contributed by atoms with Crippen molar-refractivity contribution in [3.05, 3.63) is 48.2 Å². The smallest absolute Gasteiger partial charge is 0.435 e. The van der Waals surface area contributed by atoms with Crippen LogP contribution in [0.15, 0.2) is 42.6 Å². The number of ether oxygens (including phenoxy) is 3. The van der Waals surface area contributed by atoms with E-state index in [9.17, 15) is 9.59 Å². The standard InChI is InChI=1S/C30H40N4O5/c1-28(2,3)38-26(35)32-30(7,8)21-11-9-20(10-12-21)22-13-14-24-23(25(22)33-15-17-37-18-16-33)19-31-34(24)27(36)39-29(4,5)6/h9-14,19H,15-18H2,1-8H3,(H,32,35). The fourth-order valence-corrected chi connectivity index (χ4v) is 4.60. The largest absolute Gasteiger partial charge is 0.444 e. The fraction of sp³-hybridized carbons (Fsp3) is 0.500. The number of nitrogens with one attached hydrogen (secondary N) is 1. The van der Waals surface area contributed by atoms with Crippen LogP contribution in [0.1, 0.15) is 61.0 Å². The highest BCUT2D eigenvalue weighted by molar-refractivity contribution is 6.03. The van der Waals surface area contributed by atoms with E-state index in [1.54, 1.807) is 6.20 Å². The summed E-state index contributed by atoms with van der Waals surface area (Å²) in [5.41, 5.74) is 2.85. The number of carbonyl (C=O) groups is 2. The molecule has 39 heavy (non-hydrogen) atoms. The summed E-state index contributed by atoms with van der Waals surface area (Å²) in [6.07, 6.45) is 0.761. The molecule has 2 heterocycles. The van der Waals surface area contributed by atoms with Crippen LogP contribution in [0.2, 0.25) is 0 Å². The number of anilines is 1. The quantitative estimate of drug-likeness (QED) is 0.432. The van der Waals surface area contributed by atoms with Crippen molar-refractivity contribution in [2.45, 2.75) is 72.1 Å². The number of morpholine rings is 1. The zero-order chi connectivity index (χ0) is 28.6. The third-order valence-corrected chi connectivity index (χ3v) is 6.35. The molecule has 3 aromatic rings. The van der Waals surface area contributed by atoms with Gasteiger partial charge in [0, 0.05) is 24.0 Å². The lowest BCUT2D eigenvalue weighted by molar-refractivity contribution is 0.0468. The van der Waals surface area contributed by atoms with Crippen molar-refractivity contribution in [1.82, 2.24) is 15.1 Å². The Morgan fingerprint density at radius 3 is 2.08 bits per heavy atom. The summed E-state index contributed by atoms with van der Waals surface area (Å²) in [4.78, 5) is 27.6. The summed E-state index contributed by atoms with van der Waals surface area (Å²) < 4.78 is 18.0. The van der Waals surface area contributed by atoms with Crippen LogP contribution in [0.3, 0.4) is 0 Å². The normalized spacial score (nSPS) is 14.8. The van der Waals surface area contributed by atoms with Gasteiger partial charge in [0.25, 0.3) is 0 Å². The maximum Gasteiger partial charge on any atom is 0.435 e. The molecule has 0 spiro atoms. The third kappa shape index (κ3) is 6.71. The molecule has 0 bridgehead atoms. The van der Waals surface area contributed by atoms with Crippen LogP contribution in [0.4, 0.5) is 15.3 Å². The summed E-state index contributed by atoms with van der Waals surface area (Å²) in [7, 11) is 0. The number of aromatic nitrogens is 2. The lowest BCUT2D eigenvalue weighted by atomic mass is 9.91. The van der Waals surface area contributed by atoms with Crippen molar-refractivity contribution in [2.75, 3.05) is 31.2 Å². The van der Waals surface area contributed by atoms with Crippen molar-refractivity contribution in [2.24, 2.45) is 0 Å². The molecular weight excluding hydrogens is 496 g/mol. The van der Waals surface area contributed by atoms with E-state index in [4.69, 9.17) is 14.2 Å². The molecule has 1 fully saturated rings. The first kappa shape index (κ1) is 28.4. The van der Waals surface area contributed by atoms with E-state index in [1.807, 2.05) is 79.7 Å². The van der Waals surface area contributed by atoms with Gasteiger partial charge in [-0.15, -0.1) is 0 Å². The molecule has 210 valence electrons. The number of hydrogen-bond acceptors (Lipinski definition) is 7. The van der Waals surface area contributed by atoms with E-state index in [-0.39, 0.29) is 0 Å². The topological polar surface area (TPSA) is 94.9 Å². The predicted molar refractivity (Wildman–Crippen MR) is 152 cm³/mol. The van der Waals surface area contributed by atoms with Crippen molar-refractivity contribution in [3.63, 3.8) is 0 Å². The third-order valence-electron chi connectivity index (χ3n) is 6.35. The number of rotatable bonds is 4. The second-order valence-electron chi connectivity index (χ2n) is 12.4. The van der Waals surface area contributed by atoms with Gasteiger partial charge >= 0.3 is 12.2 Å². The number of amides is 1. The Morgan fingerprint density at radius 2 is 1.49 bits per heavy atom. The van der Waals surface area contributed by atoms with Crippen LogP contribution in [0, 0.1) is 0 Å². The lowest BCUT2D eigenvalue weighted by Gasteiger charge is -2.31. The Morgan fingerprint density at radius 1 is 0.872 bits per heavy atom. The molecule has 1 saturated heterocycles. The van der Waals surface area contributed by atoms with Gasteiger partial charge in [0.2, 0.25) is 0 Å². The molecule has 0 saturated carbocycles. The van der Waals surface area contributed by atoms with Crippen molar-refractivity contribution < 1.29 is 23.8 Å². The summed E-state index contributed by atoms with van der Waals surface area (Å²) in [5.74, 6) is 0. The number of alkyl carbamates (subject to hydrolysis) is 1. The molecule has 9 heteroatoms. The van der Waals surface area contributed by atoms with Gasteiger partial charge in [-0.3, -0.25) is 0 Å². The van der Waals surface area contributed by atoms with Gasteiger partial charge in [0.15, 0.2) is 0 Å². The van der Waals surface area contributed by atoms with Gasteiger partial charge in [0.1, 0.15) is 11.2 Å². The Balaban J connectivity index is 1.70. The molecule has 1 aliphatic heterocycles. The summed E-state index contributed by atoms with van der Waals surface area (Å²) >= 11 is 0. The van der Waals surface area contributed by atoms with Crippen LogP contribution in [-0.4, -0.2) is 59.5 Å². The highest BCUT2D eigenvalue weighted by Crippen LogP contribution is 2.39. The Kier molecular flexibility index (Phi) is 7.67. The molecule has 1 aromatic heterocycles. The van der Waals surface area contributed by atoms with E-state index >= 15 is 0 Å². The number of carbonyl (C=O) groups excluding carboxylic acids is 2. The number of fused-ring (bicyclic) bond motifs is 1. The molecule has 0 radical (unpaired) electrons. The van der Waals surface area contributed by atoms with Crippen LogP contribution < -0.4 is 10.2 Å². The van der Waals surface area contributed by atoms with Gasteiger partial charge in [-0.25, -0.2) is 9.59 Å². The first-order valence-corrected chi connectivity index (χ1v) is 13.3. The molecule has 0 aliphatic carbocycles. The molecule has 9 nitrogen and oxygen atoms in total. The molecule has 1 aliphatic rings. The van der Waals surface area contributed by atoms with Crippen LogP contribution >= 0.6 is 0 Å². The molecule has 1 amide bonds. The number of nitrogens with zero attached hydrogens (tertiary/aromatic N) is 3. The lowest BCUT2D eigenvalue weighted by Crippen LogP contribution is -2.43. The summed E-state index contributed by atoms with van der Waals surface area (Å²) in [6, 6.07) is 12.1. The first-order valence-electron chi connectivity index (χ1n) is 13.3. The predicted octanol–water partition coefficient (Wildman–Crippen LogP) is 6.08. The molecule has 0 atom stereocenters. The molecule has 2 aromatic carbocycles. The number of hydrogen-bond donors (Lipinski definition) is 1. The first-order chi connectivity index (χ1) is 18.1. The number of benzene rings is 2. The summed E-state index contributed by atoms with van der Waals surface area (Å²) in [6.45, 7) is 17.6. The Labute approximate surface area is 230 Å². The second-order valence-corrected chi connectivity index (χ2v) is 12.4. The molecular formula is C30H40N4O5. The van der Waals surface area contributed by atoms with E-state index in [2.05, 4.69) is 27.4 Å². The van der Waals surface area contributed by atoms with Gasteiger partial charge in [-0.2, -0.15) is 9.78 Å². The molecule has 0 unspecified atom stereocenters. The maximum atomic E-state index is 12.9. The fourth-order valence-electron chi connectivity index (χ4n) is 4.60. The van der Waals surface area contributed by atoms with Crippen LogP contribution in [0.5, 0.6) is 0 Å². The maximum absolute atomic E-state index is 12.9. The van der Waals surface area contributed by atoms with Crippen LogP contribution in [-0.2, 0) is 19.7 Å². The van der Waals surface area contributed by atoms with Gasteiger partial charge in [-0.05, 0) is 72.6 Å². The van der Waals surface area contributed by atoms with Crippen molar-refractivity contribution >= 4 is 28.8 Å². The second kappa shape index (κ2) is 10.5. The van der Waals surface area contributed by atoms with Gasteiger partial charge < -0.3 is 24.4 Å². The molecule has 4 rings (SSSR count). The minimum absolute atomic E-state index is 0.460. The van der Waals surface area contributed by atoms with E-state index in [0.29, 0.717) is 18.7 Å². The minimum atomic E-state index is -0.633. The van der Waals surface area contributed by atoms with Gasteiger partial charge in [-0.1, -0.05) is 30.3 Å². The van der Waals surface area contributed by atoms with E-state index in [1.165, 1.54) is 4.68 Å². The van der Waals surface area contributed by atoms with Gasteiger partial charge in [0.05, 0.1) is 36.2 Å². The Hall–Kier alpha value is -3.59. The van der Waals surface area contributed by atoms with Crippen LogP contribution in [0.25, 0.3) is 22.0 Å². The van der Waals surface area contributed by atoms with Crippen molar-refractivity contribution in [1.29, 1.82) is 0 Å². The zero-order valence-electron chi connectivity index (χ0n) is 24.3.